The van der Waals surface area contributed by atoms with Crippen LogP contribution in [0.25, 0.3) is 0 Å². The van der Waals surface area contributed by atoms with Gasteiger partial charge in [-0.1, -0.05) is 20.8 Å². The minimum absolute atomic E-state index is 0.434. The summed E-state index contributed by atoms with van der Waals surface area (Å²) in [6.45, 7) is 8.99. The van der Waals surface area contributed by atoms with Crippen molar-refractivity contribution in [3.8, 4) is 0 Å². The summed E-state index contributed by atoms with van der Waals surface area (Å²) < 4.78 is 0. The van der Waals surface area contributed by atoms with Crippen molar-refractivity contribution in [2.75, 3.05) is 13.1 Å². The molecule has 0 spiro atoms. The van der Waals surface area contributed by atoms with Gasteiger partial charge in [-0.3, -0.25) is 4.98 Å². The summed E-state index contributed by atoms with van der Waals surface area (Å²) in [6, 6.07) is 4.15. The fourth-order valence-electron chi connectivity index (χ4n) is 1.37. The van der Waals surface area contributed by atoms with Crippen molar-refractivity contribution in [3.63, 3.8) is 0 Å². The first-order valence-corrected chi connectivity index (χ1v) is 5.67. The number of pyridine rings is 1. The molecule has 2 heteroatoms. The number of aromatic nitrogens is 1. The van der Waals surface area contributed by atoms with Crippen LogP contribution in [0.3, 0.4) is 0 Å². The fraction of sp³-hybridized carbons (Fsp3) is 0.615. The lowest BCUT2D eigenvalue weighted by Crippen LogP contribution is -2.22. The topological polar surface area (TPSA) is 24.9 Å². The first-order chi connectivity index (χ1) is 7.08. The molecule has 0 amide bonds. The third-order valence-corrected chi connectivity index (χ3v) is 2.39. The van der Waals surface area contributed by atoms with Gasteiger partial charge < -0.3 is 5.32 Å². The van der Waals surface area contributed by atoms with Gasteiger partial charge in [0.05, 0.1) is 0 Å². The van der Waals surface area contributed by atoms with Gasteiger partial charge in [-0.2, -0.15) is 0 Å². The summed E-state index contributed by atoms with van der Waals surface area (Å²) in [4.78, 5) is 4.00. The van der Waals surface area contributed by atoms with E-state index >= 15 is 0 Å². The predicted molar refractivity (Wildman–Crippen MR) is 64.9 cm³/mol. The molecule has 0 fully saturated rings. The van der Waals surface area contributed by atoms with Gasteiger partial charge >= 0.3 is 0 Å². The van der Waals surface area contributed by atoms with Crippen LogP contribution < -0.4 is 5.32 Å². The summed E-state index contributed by atoms with van der Waals surface area (Å²) in [5.74, 6) is 0. The summed E-state index contributed by atoms with van der Waals surface area (Å²) in [5.41, 5.74) is 1.79. The molecule has 0 radical (unpaired) electrons. The second kappa shape index (κ2) is 5.86. The number of nitrogens with one attached hydrogen (secondary N) is 1. The minimum atomic E-state index is 0.434. The van der Waals surface area contributed by atoms with Crippen molar-refractivity contribution in [1.82, 2.24) is 10.3 Å². The van der Waals surface area contributed by atoms with Gasteiger partial charge in [-0.15, -0.1) is 0 Å². The van der Waals surface area contributed by atoms with Crippen LogP contribution in [0, 0.1) is 5.41 Å². The van der Waals surface area contributed by atoms with Crippen LogP contribution in [0.2, 0.25) is 0 Å². The fourth-order valence-corrected chi connectivity index (χ4v) is 1.37. The van der Waals surface area contributed by atoms with Gasteiger partial charge in [-0.05, 0) is 49.0 Å². The number of hydrogen-bond donors (Lipinski definition) is 1. The summed E-state index contributed by atoms with van der Waals surface area (Å²) in [7, 11) is 0. The quantitative estimate of drug-likeness (QED) is 0.749. The Kier molecular flexibility index (Phi) is 4.76. The average molecular weight is 206 g/mol. The van der Waals surface area contributed by atoms with Crippen LogP contribution >= 0.6 is 0 Å². The molecule has 84 valence electrons. The zero-order valence-electron chi connectivity index (χ0n) is 10.1. The maximum atomic E-state index is 4.00. The van der Waals surface area contributed by atoms with Gasteiger partial charge in [0.25, 0.3) is 0 Å². The molecule has 0 saturated heterocycles. The highest BCUT2D eigenvalue weighted by molar-refractivity contribution is 5.09. The lowest BCUT2D eigenvalue weighted by molar-refractivity contribution is 0.368. The van der Waals surface area contributed by atoms with Crippen LogP contribution in [0.4, 0.5) is 0 Å². The van der Waals surface area contributed by atoms with E-state index in [2.05, 4.69) is 43.2 Å². The first-order valence-electron chi connectivity index (χ1n) is 5.67. The molecule has 0 saturated carbocycles. The van der Waals surface area contributed by atoms with E-state index in [-0.39, 0.29) is 0 Å². The highest BCUT2D eigenvalue weighted by Gasteiger charge is 2.08. The van der Waals surface area contributed by atoms with E-state index in [1.807, 2.05) is 12.4 Å². The Balaban J connectivity index is 2.08. The van der Waals surface area contributed by atoms with Crippen LogP contribution in [0.1, 0.15) is 32.8 Å². The maximum Gasteiger partial charge on any atom is 0.0270 e. The van der Waals surface area contributed by atoms with E-state index in [0.717, 1.165) is 19.5 Å². The molecule has 1 aromatic rings. The Morgan fingerprint density at radius 2 is 1.80 bits per heavy atom. The Morgan fingerprint density at radius 1 is 1.13 bits per heavy atom. The lowest BCUT2D eigenvalue weighted by atomic mass is 9.92. The van der Waals surface area contributed by atoms with Crippen molar-refractivity contribution in [1.29, 1.82) is 0 Å². The normalized spacial score (nSPS) is 11.7. The Bertz CT molecular complexity index is 262. The highest BCUT2D eigenvalue weighted by atomic mass is 14.8. The Labute approximate surface area is 93.1 Å². The van der Waals surface area contributed by atoms with Gasteiger partial charge in [0.15, 0.2) is 0 Å². The van der Waals surface area contributed by atoms with E-state index in [1.54, 1.807) is 0 Å². The molecule has 2 nitrogen and oxygen atoms in total. The van der Waals surface area contributed by atoms with E-state index in [9.17, 15) is 0 Å². The number of hydrogen-bond acceptors (Lipinski definition) is 2. The molecule has 1 aromatic heterocycles. The van der Waals surface area contributed by atoms with E-state index in [1.165, 1.54) is 12.0 Å². The lowest BCUT2D eigenvalue weighted by Gasteiger charge is -2.17. The van der Waals surface area contributed by atoms with Gasteiger partial charge in [-0.25, -0.2) is 0 Å². The predicted octanol–water partition coefficient (Wildman–Crippen LogP) is 2.65. The molecular weight excluding hydrogens is 184 g/mol. The van der Waals surface area contributed by atoms with Crippen molar-refractivity contribution in [2.45, 2.75) is 33.6 Å². The molecule has 0 atom stereocenters. The SMILES string of the molecule is CC(C)(C)CCNCCc1ccncc1. The van der Waals surface area contributed by atoms with Gasteiger partial charge in [0.1, 0.15) is 0 Å². The number of nitrogens with zero attached hydrogens (tertiary/aromatic N) is 1. The molecular formula is C13H22N2. The Hall–Kier alpha value is -0.890. The molecule has 0 unspecified atom stereocenters. The first kappa shape index (κ1) is 12.2. The monoisotopic (exact) mass is 206 g/mol. The van der Waals surface area contributed by atoms with E-state index in [0.29, 0.717) is 5.41 Å². The van der Waals surface area contributed by atoms with E-state index in [4.69, 9.17) is 0 Å². The molecule has 0 bridgehead atoms. The third-order valence-electron chi connectivity index (χ3n) is 2.39. The maximum absolute atomic E-state index is 4.00. The molecule has 0 aromatic carbocycles. The smallest absolute Gasteiger partial charge is 0.0270 e. The van der Waals surface area contributed by atoms with Crippen LogP contribution in [-0.4, -0.2) is 18.1 Å². The zero-order chi connectivity index (χ0) is 11.1. The standard InChI is InChI=1S/C13H22N2/c1-13(2,3)7-11-15-10-6-12-4-8-14-9-5-12/h4-5,8-9,15H,6-7,10-11H2,1-3H3. The number of rotatable bonds is 5. The van der Waals surface area contributed by atoms with Crippen molar-refractivity contribution >= 4 is 0 Å². The molecule has 1 heterocycles. The van der Waals surface area contributed by atoms with Crippen LogP contribution in [-0.2, 0) is 6.42 Å². The minimum Gasteiger partial charge on any atom is -0.316 e. The molecule has 15 heavy (non-hydrogen) atoms. The van der Waals surface area contributed by atoms with Crippen molar-refractivity contribution < 1.29 is 0 Å². The summed E-state index contributed by atoms with van der Waals surface area (Å²) in [6.07, 6.45) is 6.02. The zero-order valence-corrected chi connectivity index (χ0v) is 10.1. The average Bonchev–Trinajstić information content (AvgIpc) is 2.17. The third kappa shape index (κ3) is 6.24. The largest absolute Gasteiger partial charge is 0.316 e. The summed E-state index contributed by atoms with van der Waals surface area (Å²) in [5, 5.41) is 3.47. The van der Waals surface area contributed by atoms with Gasteiger partial charge in [0.2, 0.25) is 0 Å². The van der Waals surface area contributed by atoms with Crippen LogP contribution in [0.5, 0.6) is 0 Å². The summed E-state index contributed by atoms with van der Waals surface area (Å²) >= 11 is 0. The molecule has 1 rings (SSSR count). The molecule has 0 aliphatic carbocycles. The van der Waals surface area contributed by atoms with E-state index < -0.39 is 0 Å². The molecule has 0 aliphatic rings. The van der Waals surface area contributed by atoms with Crippen molar-refractivity contribution in [2.24, 2.45) is 5.41 Å². The van der Waals surface area contributed by atoms with Gasteiger partial charge in [0, 0.05) is 12.4 Å². The second-order valence-corrected chi connectivity index (χ2v) is 5.17. The van der Waals surface area contributed by atoms with Crippen LogP contribution in [0.15, 0.2) is 24.5 Å². The van der Waals surface area contributed by atoms with Crippen molar-refractivity contribution in [3.05, 3.63) is 30.1 Å². The molecule has 0 aliphatic heterocycles. The Morgan fingerprint density at radius 3 is 2.40 bits per heavy atom. The second-order valence-electron chi connectivity index (χ2n) is 5.17. The molecule has 1 N–H and O–H groups in total. The highest BCUT2D eigenvalue weighted by Crippen LogP contribution is 2.16.